The van der Waals surface area contributed by atoms with Gasteiger partial charge in [0, 0.05) is 36.8 Å². The molecule has 3 amide bonds. The van der Waals surface area contributed by atoms with Crippen LogP contribution in [0.2, 0.25) is 0 Å². The van der Waals surface area contributed by atoms with E-state index in [1.807, 2.05) is 48.5 Å². The average Bonchev–Trinajstić information content (AvgIpc) is 3.51. The van der Waals surface area contributed by atoms with Crippen molar-refractivity contribution in [3.8, 4) is 0 Å². The molecule has 0 aliphatic heterocycles. The number of carbonyl (C=O) groups excluding carboxylic acids is 4. The number of methoxy groups -OCH3 is 1. The predicted molar refractivity (Wildman–Crippen MR) is 154 cm³/mol. The second-order valence-electron chi connectivity index (χ2n) is 10.4. The summed E-state index contributed by atoms with van der Waals surface area (Å²) < 4.78 is 10.1. The van der Waals surface area contributed by atoms with E-state index in [-0.39, 0.29) is 43.9 Å². The lowest BCUT2D eigenvalue weighted by Crippen LogP contribution is -2.53. The zero-order chi connectivity index (χ0) is 29.8. The van der Waals surface area contributed by atoms with Gasteiger partial charge in [0.1, 0.15) is 12.6 Å². The van der Waals surface area contributed by atoms with Gasteiger partial charge in [-0.3, -0.25) is 14.4 Å². The standard InChI is InChI=1S/C31H37N5O6/c1-41-28(38)13-16-36(19-27(37)33-21-31(14-8-15-31)24-11-6-3-7-12-24)29(39)26(17-25-18-32-22-34-25)35-30(40)42-20-23-9-4-2-5-10-23/h2-7,9-12,18,22,26H,8,13-17,19-21H2,1H3,(H,32,34)(H,33,37)(H,35,40). The van der Waals surface area contributed by atoms with E-state index in [0.717, 1.165) is 24.8 Å². The number of nitrogens with zero attached hydrogens (tertiary/aromatic N) is 2. The number of carbonyl (C=O) groups is 4. The minimum absolute atomic E-state index is 0.0231. The number of esters is 1. The Balaban J connectivity index is 1.44. The lowest BCUT2D eigenvalue weighted by molar-refractivity contribution is -0.143. The molecule has 2 aromatic carbocycles. The number of rotatable bonds is 14. The third-order valence-corrected chi connectivity index (χ3v) is 7.56. The molecule has 1 heterocycles. The first-order chi connectivity index (χ1) is 20.4. The van der Waals surface area contributed by atoms with Crippen molar-refractivity contribution in [2.24, 2.45) is 0 Å². The topological polar surface area (TPSA) is 143 Å². The fraction of sp³-hybridized carbons (Fsp3) is 0.387. The van der Waals surface area contributed by atoms with Crippen molar-refractivity contribution in [2.75, 3.05) is 26.7 Å². The van der Waals surface area contributed by atoms with Crippen molar-refractivity contribution in [3.05, 3.63) is 90.0 Å². The van der Waals surface area contributed by atoms with E-state index >= 15 is 0 Å². The van der Waals surface area contributed by atoms with E-state index in [0.29, 0.717) is 12.2 Å². The molecule has 1 aliphatic carbocycles. The van der Waals surface area contributed by atoms with Gasteiger partial charge in [0.2, 0.25) is 11.8 Å². The second kappa shape index (κ2) is 14.8. The van der Waals surface area contributed by atoms with Crippen molar-refractivity contribution in [1.29, 1.82) is 0 Å². The fourth-order valence-corrected chi connectivity index (χ4v) is 5.00. The predicted octanol–water partition coefficient (Wildman–Crippen LogP) is 2.88. The summed E-state index contributed by atoms with van der Waals surface area (Å²) in [6.45, 7) is 0.107. The Morgan fingerprint density at radius 2 is 1.76 bits per heavy atom. The van der Waals surface area contributed by atoms with Crippen molar-refractivity contribution in [3.63, 3.8) is 0 Å². The van der Waals surface area contributed by atoms with Crippen LogP contribution in [0.15, 0.2) is 73.2 Å². The number of nitrogens with one attached hydrogen (secondary N) is 3. The lowest BCUT2D eigenvalue weighted by Gasteiger charge is -2.42. The Morgan fingerprint density at radius 3 is 2.38 bits per heavy atom. The van der Waals surface area contributed by atoms with Crippen molar-refractivity contribution in [1.82, 2.24) is 25.5 Å². The molecular weight excluding hydrogens is 538 g/mol. The molecule has 1 unspecified atom stereocenters. The van der Waals surface area contributed by atoms with E-state index in [1.54, 1.807) is 6.20 Å². The van der Waals surface area contributed by atoms with Crippen LogP contribution in [-0.2, 0) is 42.3 Å². The molecule has 222 valence electrons. The van der Waals surface area contributed by atoms with Gasteiger partial charge in [0.05, 0.1) is 26.4 Å². The van der Waals surface area contributed by atoms with E-state index in [2.05, 4.69) is 32.7 Å². The molecule has 3 aromatic rings. The molecule has 11 heteroatoms. The van der Waals surface area contributed by atoms with Gasteiger partial charge in [0.15, 0.2) is 0 Å². The number of H-pyrrole nitrogens is 1. The Bertz CT molecular complexity index is 1310. The van der Waals surface area contributed by atoms with E-state index in [9.17, 15) is 19.2 Å². The summed E-state index contributed by atoms with van der Waals surface area (Å²) in [5.41, 5.74) is 2.43. The van der Waals surface area contributed by atoms with Crippen LogP contribution in [0.4, 0.5) is 4.79 Å². The monoisotopic (exact) mass is 575 g/mol. The molecule has 0 radical (unpaired) electrons. The molecule has 1 saturated carbocycles. The lowest BCUT2D eigenvalue weighted by atomic mass is 9.64. The van der Waals surface area contributed by atoms with Gasteiger partial charge in [-0.15, -0.1) is 0 Å². The molecule has 1 aromatic heterocycles. The Morgan fingerprint density at radius 1 is 1.05 bits per heavy atom. The normalized spacial score (nSPS) is 14.1. The minimum Gasteiger partial charge on any atom is -0.469 e. The van der Waals surface area contributed by atoms with Crippen LogP contribution >= 0.6 is 0 Å². The summed E-state index contributed by atoms with van der Waals surface area (Å²) in [6.07, 6.45) is 5.19. The molecule has 0 saturated heterocycles. The third-order valence-electron chi connectivity index (χ3n) is 7.56. The molecule has 3 N–H and O–H groups in total. The van der Waals surface area contributed by atoms with Gasteiger partial charge in [-0.1, -0.05) is 67.1 Å². The van der Waals surface area contributed by atoms with Crippen molar-refractivity contribution >= 4 is 23.9 Å². The summed E-state index contributed by atoms with van der Waals surface area (Å²) in [5, 5.41) is 5.63. The zero-order valence-electron chi connectivity index (χ0n) is 23.7. The molecule has 1 aliphatic rings. The molecule has 1 atom stereocenters. The van der Waals surface area contributed by atoms with Gasteiger partial charge in [0.25, 0.3) is 0 Å². The van der Waals surface area contributed by atoms with Crippen LogP contribution in [0, 0.1) is 0 Å². The number of hydrogen-bond donors (Lipinski definition) is 3. The van der Waals surface area contributed by atoms with Crippen LogP contribution in [-0.4, -0.2) is 71.5 Å². The molecule has 0 spiro atoms. The second-order valence-corrected chi connectivity index (χ2v) is 10.4. The first-order valence-electron chi connectivity index (χ1n) is 14.0. The van der Waals surface area contributed by atoms with Gasteiger partial charge in [-0.25, -0.2) is 9.78 Å². The largest absolute Gasteiger partial charge is 0.469 e. The number of aromatic amines is 1. The Kier molecular flexibility index (Phi) is 10.7. The van der Waals surface area contributed by atoms with Gasteiger partial charge in [-0.05, 0) is 24.0 Å². The maximum absolute atomic E-state index is 13.8. The van der Waals surface area contributed by atoms with Crippen LogP contribution in [0.25, 0.3) is 0 Å². The zero-order valence-corrected chi connectivity index (χ0v) is 23.7. The fourth-order valence-electron chi connectivity index (χ4n) is 5.00. The summed E-state index contributed by atoms with van der Waals surface area (Å²) in [5.74, 6) is -1.42. The first kappa shape index (κ1) is 30.3. The van der Waals surface area contributed by atoms with Crippen molar-refractivity contribution in [2.45, 2.75) is 50.2 Å². The van der Waals surface area contributed by atoms with Gasteiger partial charge >= 0.3 is 12.1 Å². The quantitative estimate of drug-likeness (QED) is 0.251. The highest BCUT2D eigenvalue weighted by Crippen LogP contribution is 2.43. The van der Waals surface area contributed by atoms with Gasteiger partial charge < -0.3 is 30.0 Å². The average molecular weight is 576 g/mol. The first-order valence-corrected chi connectivity index (χ1v) is 14.0. The third kappa shape index (κ3) is 8.42. The number of hydrogen-bond acceptors (Lipinski definition) is 7. The molecule has 0 bridgehead atoms. The number of aromatic nitrogens is 2. The smallest absolute Gasteiger partial charge is 0.408 e. The SMILES string of the molecule is COC(=O)CCN(CC(=O)NCC1(c2ccccc2)CCC1)C(=O)C(Cc1cnc[nH]1)NC(=O)OCc1ccccc1. The van der Waals surface area contributed by atoms with Crippen LogP contribution in [0.5, 0.6) is 0 Å². The van der Waals surface area contributed by atoms with E-state index in [4.69, 9.17) is 9.47 Å². The molecule has 4 rings (SSSR count). The molecule has 42 heavy (non-hydrogen) atoms. The van der Waals surface area contributed by atoms with E-state index < -0.39 is 24.0 Å². The number of ether oxygens (including phenoxy) is 2. The summed E-state index contributed by atoms with van der Waals surface area (Å²) in [6, 6.07) is 18.2. The van der Waals surface area contributed by atoms with Crippen molar-refractivity contribution < 1.29 is 28.7 Å². The highest BCUT2D eigenvalue weighted by Gasteiger charge is 2.39. The van der Waals surface area contributed by atoms with Crippen LogP contribution < -0.4 is 10.6 Å². The summed E-state index contributed by atoms with van der Waals surface area (Å²) >= 11 is 0. The highest BCUT2D eigenvalue weighted by atomic mass is 16.5. The van der Waals surface area contributed by atoms with Crippen LogP contribution in [0.1, 0.15) is 42.5 Å². The number of amides is 3. The number of imidazole rings is 1. The maximum Gasteiger partial charge on any atom is 0.408 e. The van der Waals surface area contributed by atoms with Crippen LogP contribution in [0.3, 0.4) is 0 Å². The maximum atomic E-state index is 13.8. The van der Waals surface area contributed by atoms with Gasteiger partial charge in [-0.2, -0.15) is 0 Å². The number of alkyl carbamates (subject to hydrolysis) is 1. The minimum atomic E-state index is -1.08. The molecule has 11 nitrogen and oxygen atoms in total. The molecular formula is C31H37N5O6. The highest BCUT2D eigenvalue weighted by molar-refractivity contribution is 5.90. The summed E-state index contributed by atoms with van der Waals surface area (Å²) in [4.78, 5) is 59.8. The number of benzene rings is 2. The Hall–Kier alpha value is -4.67. The molecule has 1 fully saturated rings. The Labute approximate surface area is 245 Å². The van der Waals surface area contributed by atoms with E-state index in [1.165, 1.54) is 23.9 Å². The summed E-state index contributed by atoms with van der Waals surface area (Å²) in [7, 11) is 1.26.